The number of aromatic nitrogens is 4. The summed E-state index contributed by atoms with van der Waals surface area (Å²) in [5.41, 5.74) is 2.00. The van der Waals surface area contributed by atoms with Gasteiger partial charge >= 0.3 is 0 Å². The monoisotopic (exact) mass is 449 g/mol. The molecule has 1 saturated heterocycles. The Labute approximate surface area is 189 Å². The molecule has 4 heterocycles. The van der Waals surface area contributed by atoms with Crippen LogP contribution in [0.15, 0.2) is 53.6 Å². The molecule has 0 bridgehead atoms. The summed E-state index contributed by atoms with van der Waals surface area (Å²) in [5.74, 6) is 1.09. The van der Waals surface area contributed by atoms with E-state index < -0.39 is 5.82 Å². The van der Waals surface area contributed by atoms with Crippen LogP contribution in [0.5, 0.6) is 0 Å². The van der Waals surface area contributed by atoms with Crippen molar-refractivity contribution in [2.24, 2.45) is 7.05 Å². The number of rotatable bonds is 3. The molecule has 0 unspecified atom stereocenters. The van der Waals surface area contributed by atoms with Crippen molar-refractivity contribution < 1.29 is 4.39 Å². The number of nitrogens with zero attached hydrogens (tertiary/aromatic N) is 5. The van der Waals surface area contributed by atoms with E-state index in [4.69, 9.17) is 16.6 Å². The van der Waals surface area contributed by atoms with E-state index in [0.717, 1.165) is 19.5 Å². The third kappa shape index (κ3) is 3.52. The van der Waals surface area contributed by atoms with Crippen molar-refractivity contribution in [2.45, 2.75) is 19.3 Å². The van der Waals surface area contributed by atoms with Gasteiger partial charge in [0.05, 0.1) is 16.6 Å². The first-order chi connectivity index (χ1) is 15.4. The Balaban J connectivity index is 1.67. The smallest absolute Gasteiger partial charge is 0.263 e. The second-order valence-corrected chi connectivity index (χ2v) is 8.52. The fraction of sp³-hybridized carbons (Fsp3) is 0.250. The molecule has 1 aromatic carbocycles. The molecule has 0 radical (unpaired) electrons. The topological polar surface area (TPSA) is 63.9 Å². The summed E-state index contributed by atoms with van der Waals surface area (Å²) < 4.78 is 16.3. The van der Waals surface area contributed by atoms with Gasteiger partial charge < -0.3 is 4.90 Å². The molecule has 4 aromatic rings. The third-order valence-electron chi connectivity index (χ3n) is 6.15. The Hall–Kier alpha value is -3.32. The normalized spacial score (nSPS) is 16.1. The quantitative estimate of drug-likeness (QED) is 0.461. The van der Waals surface area contributed by atoms with Crippen LogP contribution in [0.25, 0.3) is 22.2 Å². The van der Waals surface area contributed by atoms with Crippen LogP contribution in [0.1, 0.15) is 23.7 Å². The van der Waals surface area contributed by atoms with Gasteiger partial charge in [0, 0.05) is 55.1 Å². The number of halogens is 2. The molecule has 5 rings (SSSR count). The summed E-state index contributed by atoms with van der Waals surface area (Å²) in [6, 6.07) is 10.3. The molecule has 1 aliphatic heterocycles. The van der Waals surface area contributed by atoms with Crippen molar-refractivity contribution >= 4 is 28.3 Å². The second kappa shape index (κ2) is 7.98. The maximum atomic E-state index is 14.9. The number of pyridine rings is 2. The first-order valence-electron chi connectivity index (χ1n) is 10.4. The van der Waals surface area contributed by atoms with Crippen LogP contribution in [0.4, 0.5) is 10.2 Å². The summed E-state index contributed by atoms with van der Waals surface area (Å²) in [7, 11) is 1.65. The number of hydrogen-bond donors (Lipinski definition) is 0. The molecule has 0 aliphatic carbocycles. The molecule has 0 N–H and O–H groups in total. The van der Waals surface area contributed by atoms with Gasteiger partial charge in [0.25, 0.3) is 5.56 Å². The number of benzene rings is 1. The summed E-state index contributed by atoms with van der Waals surface area (Å²) >= 11 is 5.96. The fourth-order valence-electron chi connectivity index (χ4n) is 4.30. The van der Waals surface area contributed by atoms with Gasteiger partial charge in [-0.3, -0.25) is 14.3 Å². The van der Waals surface area contributed by atoms with Crippen molar-refractivity contribution in [3.05, 3.63) is 81.4 Å². The van der Waals surface area contributed by atoms with E-state index in [0.29, 0.717) is 28.5 Å². The minimum atomic E-state index is -0.526. The highest BCUT2D eigenvalue weighted by molar-refractivity contribution is 6.30. The zero-order valence-corrected chi connectivity index (χ0v) is 18.5. The van der Waals surface area contributed by atoms with E-state index in [1.54, 1.807) is 38.5 Å². The van der Waals surface area contributed by atoms with Crippen LogP contribution < -0.4 is 10.5 Å². The van der Waals surface area contributed by atoms with Crippen LogP contribution >= 0.6 is 11.6 Å². The van der Waals surface area contributed by atoms with Crippen molar-refractivity contribution in [3.63, 3.8) is 0 Å². The van der Waals surface area contributed by atoms with Gasteiger partial charge in [-0.25, -0.2) is 14.4 Å². The lowest BCUT2D eigenvalue weighted by Gasteiger charge is -2.20. The number of fused-ring (bicyclic) bond motifs is 1. The minimum absolute atomic E-state index is 0.230. The standard InChI is InChI=1S/C24H21ClFN5O/c1-14-28-20-12-21(31-10-7-16(13-31)15-5-8-27-9-6-15)29-23(22(20)24(32)30(14)2)18-4-3-17(25)11-19(18)26/h3-6,8-9,11-12,16H,7,10,13H2,1-2H3/t16-/m1/s1. The van der Waals surface area contributed by atoms with E-state index in [1.165, 1.54) is 16.2 Å². The van der Waals surface area contributed by atoms with E-state index >= 15 is 0 Å². The van der Waals surface area contributed by atoms with E-state index in [9.17, 15) is 9.18 Å². The first-order valence-corrected chi connectivity index (χ1v) is 10.8. The lowest BCUT2D eigenvalue weighted by molar-refractivity contribution is 0.631. The average molecular weight is 450 g/mol. The molecule has 0 saturated carbocycles. The fourth-order valence-corrected chi connectivity index (χ4v) is 4.45. The molecule has 1 atom stereocenters. The Bertz CT molecular complexity index is 1390. The first kappa shape index (κ1) is 20.6. The molecule has 1 aliphatic rings. The zero-order valence-electron chi connectivity index (χ0n) is 17.7. The third-order valence-corrected chi connectivity index (χ3v) is 6.38. The minimum Gasteiger partial charge on any atom is -0.356 e. The molecule has 162 valence electrons. The summed E-state index contributed by atoms with van der Waals surface area (Å²) in [6.45, 7) is 3.35. The molecule has 32 heavy (non-hydrogen) atoms. The molecule has 1 fully saturated rings. The van der Waals surface area contributed by atoms with E-state index in [1.807, 2.05) is 18.2 Å². The highest BCUT2D eigenvalue weighted by Crippen LogP contribution is 2.34. The Morgan fingerprint density at radius 1 is 1.12 bits per heavy atom. The van der Waals surface area contributed by atoms with Crippen molar-refractivity contribution in [1.82, 2.24) is 19.5 Å². The SMILES string of the molecule is Cc1nc2cc(N3CC[C@@H](c4ccncc4)C3)nc(-c3ccc(Cl)cc3F)c2c(=O)n1C. The second-order valence-electron chi connectivity index (χ2n) is 8.08. The van der Waals surface area contributed by atoms with Crippen LogP contribution in [0, 0.1) is 12.7 Å². The molecule has 0 amide bonds. The van der Waals surface area contributed by atoms with Crippen molar-refractivity contribution in [3.8, 4) is 11.3 Å². The summed E-state index contributed by atoms with van der Waals surface area (Å²) in [4.78, 5) is 28.8. The average Bonchev–Trinajstić information content (AvgIpc) is 3.28. The maximum Gasteiger partial charge on any atom is 0.263 e. The van der Waals surface area contributed by atoms with Crippen LogP contribution in [0.3, 0.4) is 0 Å². The zero-order chi connectivity index (χ0) is 22.4. The lowest BCUT2D eigenvalue weighted by atomic mass is 10.00. The van der Waals surface area contributed by atoms with E-state index in [-0.39, 0.29) is 21.8 Å². The van der Waals surface area contributed by atoms with Gasteiger partial charge in [-0.1, -0.05) is 11.6 Å². The lowest BCUT2D eigenvalue weighted by Crippen LogP contribution is -2.24. The van der Waals surface area contributed by atoms with Crippen LogP contribution in [-0.4, -0.2) is 32.6 Å². The Morgan fingerprint density at radius 3 is 2.66 bits per heavy atom. The summed E-state index contributed by atoms with van der Waals surface area (Å²) in [6.07, 6.45) is 4.57. The van der Waals surface area contributed by atoms with Gasteiger partial charge in [-0.2, -0.15) is 0 Å². The van der Waals surface area contributed by atoms with Gasteiger partial charge in [0.2, 0.25) is 0 Å². The highest BCUT2D eigenvalue weighted by Gasteiger charge is 2.27. The van der Waals surface area contributed by atoms with Gasteiger partial charge in [0.15, 0.2) is 0 Å². The predicted molar refractivity (Wildman–Crippen MR) is 124 cm³/mol. The number of aryl methyl sites for hydroxylation is 1. The Kier molecular flexibility index (Phi) is 5.13. The molecule has 6 nitrogen and oxygen atoms in total. The van der Waals surface area contributed by atoms with Crippen molar-refractivity contribution in [1.29, 1.82) is 0 Å². The van der Waals surface area contributed by atoms with Gasteiger partial charge in [0.1, 0.15) is 17.5 Å². The van der Waals surface area contributed by atoms with E-state index in [2.05, 4.69) is 14.9 Å². The highest BCUT2D eigenvalue weighted by atomic mass is 35.5. The van der Waals surface area contributed by atoms with Gasteiger partial charge in [-0.05, 0) is 49.2 Å². The Morgan fingerprint density at radius 2 is 1.91 bits per heavy atom. The number of anilines is 1. The molecular weight excluding hydrogens is 429 g/mol. The largest absolute Gasteiger partial charge is 0.356 e. The molecule has 0 spiro atoms. The molecular formula is C24H21ClFN5O. The summed E-state index contributed by atoms with van der Waals surface area (Å²) in [5, 5.41) is 0.585. The number of hydrogen-bond acceptors (Lipinski definition) is 5. The van der Waals surface area contributed by atoms with Crippen molar-refractivity contribution in [2.75, 3.05) is 18.0 Å². The maximum absolute atomic E-state index is 14.9. The van der Waals surface area contributed by atoms with Crippen LogP contribution in [-0.2, 0) is 7.05 Å². The molecule has 8 heteroatoms. The predicted octanol–water partition coefficient (Wildman–Crippen LogP) is 4.49. The van der Waals surface area contributed by atoms with Crippen LogP contribution in [0.2, 0.25) is 5.02 Å². The molecule has 3 aromatic heterocycles. The van der Waals surface area contributed by atoms with Gasteiger partial charge in [-0.15, -0.1) is 0 Å².